The van der Waals surface area contributed by atoms with Crippen LogP contribution in [0.25, 0.3) is 10.9 Å². The highest BCUT2D eigenvalue weighted by atomic mass is 16.4. The summed E-state index contributed by atoms with van der Waals surface area (Å²) in [5.41, 5.74) is 17.2. The Hall–Kier alpha value is -4.66. The number of para-hydroxylation sites is 1. The molecule has 15 heteroatoms. The van der Waals surface area contributed by atoms with Crippen LogP contribution in [0.4, 0.5) is 0 Å². The summed E-state index contributed by atoms with van der Waals surface area (Å²) < 4.78 is 0. The predicted molar refractivity (Wildman–Crippen MR) is 137 cm³/mol. The number of nitrogens with two attached hydrogens (primary N) is 3. The molecule has 0 spiro atoms. The first-order chi connectivity index (χ1) is 18.0. The maximum atomic E-state index is 12.9. The molecular formula is C23H32N8O7. The van der Waals surface area contributed by atoms with Crippen LogP contribution in [-0.4, -0.2) is 82.0 Å². The third-order valence-electron chi connectivity index (χ3n) is 5.51. The predicted octanol–water partition coefficient (Wildman–Crippen LogP) is -2.26. The number of aliphatic imine (C=N–C) groups is 1. The lowest BCUT2D eigenvalue weighted by Gasteiger charge is -2.23. The quantitative estimate of drug-likeness (QED) is 0.0674. The van der Waals surface area contributed by atoms with Crippen LogP contribution in [0.1, 0.15) is 24.8 Å². The van der Waals surface area contributed by atoms with E-state index in [0.717, 1.165) is 10.9 Å². The van der Waals surface area contributed by atoms with Crippen molar-refractivity contribution in [2.24, 2.45) is 22.2 Å². The van der Waals surface area contributed by atoms with E-state index in [2.05, 4.69) is 25.9 Å². The number of carboxylic acid groups (broad SMARTS) is 2. The number of benzene rings is 1. The average molecular weight is 533 g/mol. The second kappa shape index (κ2) is 14.2. The van der Waals surface area contributed by atoms with Gasteiger partial charge in [-0.1, -0.05) is 18.2 Å². The Balaban J connectivity index is 2.16. The Bertz CT molecular complexity index is 1190. The topological polar surface area (TPSA) is 268 Å². The highest BCUT2D eigenvalue weighted by molar-refractivity contribution is 5.95. The standard InChI is InChI=1S/C23H32N8O7/c24-10-18(32)29-15(6-3-7-27-23(25)26)20(35)30-16(9-19(33)34)21(36)31-17(22(37)38)8-12-11-28-14-5-2-1-4-13(12)14/h1-2,4-5,11,15-17,28H,3,6-10,24H2,(H,29,32)(H,30,35)(H,31,36)(H,33,34)(H,37,38)(H4,25,26,27). The summed E-state index contributed by atoms with van der Waals surface area (Å²) >= 11 is 0. The number of aromatic amines is 1. The van der Waals surface area contributed by atoms with Crippen molar-refractivity contribution in [2.45, 2.75) is 43.8 Å². The molecule has 2 rings (SSSR count). The Labute approximate surface area is 217 Å². The second-order valence-corrected chi connectivity index (χ2v) is 8.40. The van der Waals surface area contributed by atoms with Crippen molar-refractivity contribution in [3.63, 3.8) is 0 Å². The molecule has 0 bridgehead atoms. The number of carbonyl (C=O) groups is 5. The molecule has 12 N–H and O–H groups in total. The molecule has 3 atom stereocenters. The molecule has 3 unspecified atom stereocenters. The number of amides is 3. The summed E-state index contributed by atoms with van der Waals surface area (Å²) in [4.78, 5) is 67.8. The first-order valence-corrected chi connectivity index (χ1v) is 11.7. The van der Waals surface area contributed by atoms with Crippen molar-refractivity contribution in [2.75, 3.05) is 13.1 Å². The Kier molecular flexibility index (Phi) is 11.0. The lowest BCUT2D eigenvalue weighted by molar-refractivity contribution is -0.143. The fourth-order valence-electron chi connectivity index (χ4n) is 3.67. The summed E-state index contributed by atoms with van der Waals surface area (Å²) in [5.74, 6) is -5.45. The number of H-pyrrole nitrogens is 1. The van der Waals surface area contributed by atoms with Crippen molar-refractivity contribution < 1.29 is 34.2 Å². The first-order valence-electron chi connectivity index (χ1n) is 11.7. The number of carboxylic acids is 2. The van der Waals surface area contributed by atoms with Gasteiger partial charge in [-0.15, -0.1) is 0 Å². The number of hydrogen-bond donors (Lipinski definition) is 9. The number of carbonyl (C=O) groups excluding carboxylic acids is 3. The lowest BCUT2D eigenvalue weighted by atomic mass is 10.0. The van der Waals surface area contributed by atoms with E-state index in [-0.39, 0.29) is 31.8 Å². The van der Waals surface area contributed by atoms with Crippen molar-refractivity contribution in [3.05, 3.63) is 36.0 Å². The van der Waals surface area contributed by atoms with Gasteiger partial charge in [-0.05, 0) is 24.5 Å². The molecule has 1 heterocycles. The Morgan fingerprint density at radius 3 is 2.24 bits per heavy atom. The summed E-state index contributed by atoms with van der Waals surface area (Å²) in [6.45, 7) is -0.261. The van der Waals surface area contributed by atoms with Crippen molar-refractivity contribution in [3.8, 4) is 0 Å². The summed E-state index contributed by atoms with van der Waals surface area (Å²) in [5, 5.41) is 26.7. The van der Waals surface area contributed by atoms with Crippen molar-refractivity contribution in [1.29, 1.82) is 0 Å². The van der Waals surface area contributed by atoms with E-state index >= 15 is 0 Å². The van der Waals surface area contributed by atoms with Crippen LogP contribution >= 0.6 is 0 Å². The molecule has 0 saturated heterocycles. The molecule has 0 aliphatic carbocycles. The van der Waals surface area contributed by atoms with Gasteiger partial charge in [0, 0.05) is 30.1 Å². The third-order valence-corrected chi connectivity index (χ3v) is 5.51. The number of hydrogen-bond acceptors (Lipinski definition) is 7. The van der Waals surface area contributed by atoms with Crippen LogP contribution < -0.4 is 33.2 Å². The van der Waals surface area contributed by atoms with Gasteiger partial charge in [-0.3, -0.25) is 24.2 Å². The zero-order valence-electron chi connectivity index (χ0n) is 20.5. The van der Waals surface area contributed by atoms with E-state index in [0.29, 0.717) is 5.56 Å². The first kappa shape index (κ1) is 29.6. The maximum Gasteiger partial charge on any atom is 0.326 e. The fourth-order valence-corrected chi connectivity index (χ4v) is 3.67. The highest BCUT2D eigenvalue weighted by Crippen LogP contribution is 2.19. The molecule has 0 aliphatic heterocycles. The molecule has 0 saturated carbocycles. The van der Waals surface area contributed by atoms with E-state index in [4.69, 9.17) is 17.2 Å². The minimum Gasteiger partial charge on any atom is -0.481 e. The highest BCUT2D eigenvalue weighted by Gasteiger charge is 2.31. The van der Waals surface area contributed by atoms with Gasteiger partial charge in [0.25, 0.3) is 0 Å². The lowest BCUT2D eigenvalue weighted by Crippen LogP contribution is -2.57. The molecule has 38 heavy (non-hydrogen) atoms. The van der Waals surface area contributed by atoms with Gasteiger partial charge in [0.2, 0.25) is 17.7 Å². The van der Waals surface area contributed by atoms with Crippen LogP contribution in [0.3, 0.4) is 0 Å². The van der Waals surface area contributed by atoms with Crippen LogP contribution in [0.5, 0.6) is 0 Å². The number of rotatable bonds is 15. The number of nitrogens with one attached hydrogen (secondary N) is 4. The largest absolute Gasteiger partial charge is 0.481 e. The van der Waals surface area contributed by atoms with Crippen LogP contribution in [0.15, 0.2) is 35.5 Å². The molecule has 2 aromatic rings. The third kappa shape index (κ3) is 9.09. The van der Waals surface area contributed by atoms with Gasteiger partial charge in [-0.25, -0.2) is 4.79 Å². The van der Waals surface area contributed by atoms with Crippen molar-refractivity contribution in [1.82, 2.24) is 20.9 Å². The smallest absolute Gasteiger partial charge is 0.326 e. The van der Waals surface area contributed by atoms with E-state index in [1.165, 1.54) is 0 Å². The van der Waals surface area contributed by atoms with Crippen LogP contribution in [0.2, 0.25) is 0 Å². The summed E-state index contributed by atoms with van der Waals surface area (Å²) in [7, 11) is 0. The average Bonchev–Trinajstić information content (AvgIpc) is 3.27. The monoisotopic (exact) mass is 532 g/mol. The van der Waals surface area contributed by atoms with Gasteiger partial charge >= 0.3 is 11.9 Å². The van der Waals surface area contributed by atoms with Gasteiger partial charge in [0.1, 0.15) is 18.1 Å². The molecule has 1 aromatic heterocycles. The van der Waals surface area contributed by atoms with Crippen LogP contribution in [0, 0.1) is 0 Å². The van der Waals surface area contributed by atoms with E-state index in [9.17, 15) is 34.2 Å². The minimum absolute atomic E-state index is 0.0497. The number of guanidine groups is 1. The maximum absolute atomic E-state index is 12.9. The zero-order chi connectivity index (χ0) is 28.2. The van der Waals surface area contributed by atoms with Gasteiger partial charge in [-0.2, -0.15) is 0 Å². The number of nitrogens with zero attached hydrogens (tertiary/aromatic N) is 1. The zero-order valence-corrected chi connectivity index (χ0v) is 20.5. The SMILES string of the molecule is NCC(=O)NC(CCCN=C(N)N)C(=O)NC(CC(=O)O)C(=O)NC(Cc1c[nH]c2ccccc12)C(=O)O. The molecular weight excluding hydrogens is 500 g/mol. The molecule has 0 aliphatic rings. The van der Waals surface area contributed by atoms with E-state index in [1.807, 2.05) is 12.1 Å². The van der Waals surface area contributed by atoms with E-state index < -0.39 is 60.8 Å². The summed E-state index contributed by atoms with van der Waals surface area (Å²) in [6.07, 6.45) is 1.01. The molecule has 1 aromatic carbocycles. The van der Waals surface area contributed by atoms with Gasteiger partial charge in [0.15, 0.2) is 5.96 Å². The molecule has 0 radical (unpaired) electrons. The number of aliphatic carboxylic acids is 2. The minimum atomic E-state index is -1.63. The molecule has 3 amide bonds. The number of aromatic nitrogens is 1. The molecule has 0 fully saturated rings. The molecule has 15 nitrogen and oxygen atoms in total. The summed E-state index contributed by atoms with van der Waals surface area (Å²) in [6, 6.07) is 2.97. The normalized spacial score (nSPS) is 13.1. The number of fused-ring (bicyclic) bond motifs is 1. The Morgan fingerprint density at radius 1 is 0.947 bits per heavy atom. The van der Waals surface area contributed by atoms with Gasteiger partial charge < -0.3 is 48.3 Å². The van der Waals surface area contributed by atoms with Crippen LogP contribution in [-0.2, 0) is 30.4 Å². The van der Waals surface area contributed by atoms with Crippen molar-refractivity contribution >= 4 is 46.5 Å². The molecule has 206 valence electrons. The Morgan fingerprint density at radius 2 is 1.61 bits per heavy atom. The fraction of sp³-hybridized carbons (Fsp3) is 0.391. The second-order valence-electron chi connectivity index (χ2n) is 8.40. The van der Waals surface area contributed by atoms with E-state index in [1.54, 1.807) is 18.3 Å². The van der Waals surface area contributed by atoms with Gasteiger partial charge in [0.05, 0.1) is 13.0 Å².